The lowest BCUT2D eigenvalue weighted by molar-refractivity contribution is -0.138. The highest BCUT2D eigenvalue weighted by Gasteiger charge is 2.38. The molecule has 2 saturated heterocycles. The molecule has 2 heterocycles. The summed E-state index contributed by atoms with van der Waals surface area (Å²) in [5, 5.41) is 9.02. The molecule has 120 valence electrons. The van der Waals surface area contributed by atoms with Crippen LogP contribution in [-0.2, 0) is 14.6 Å². The minimum Gasteiger partial charge on any atom is -0.480 e. The number of urea groups is 1. The summed E-state index contributed by atoms with van der Waals surface area (Å²) in [5.74, 6) is 0.400. The smallest absolute Gasteiger partial charge is 0.323 e. The predicted octanol–water partition coefficient (Wildman–Crippen LogP) is 0.117. The number of amides is 2. The van der Waals surface area contributed by atoms with Crippen LogP contribution in [-0.4, -0.2) is 83.5 Å². The topological polar surface area (TPSA) is 95.0 Å². The predicted molar refractivity (Wildman–Crippen MR) is 80.3 cm³/mol. The maximum absolute atomic E-state index is 12.6. The summed E-state index contributed by atoms with van der Waals surface area (Å²) in [7, 11) is -3.16. The molecule has 2 rings (SSSR count). The molecule has 2 aliphatic heterocycles. The molecule has 0 spiro atoms. The Hall–Kier alpha value is -0.960. The van der Waals surface area contributed by atoms with Crippen molar-refractivity contribution in [2.24, 2.45) is 0 Å². The number of sulfone groups is 1. The first kappa shape index (κ1) is 16.4. The van der Waals surface area contributed by atoms with Crippen LogP contribution < -0.4 is 0 Å². The van der Waals surface area contributed by atoms with Gasteiger partial charge in [0, 0.05) is 30.1 Å². The molecule has 2 fully saturated rings. The van der Waals surface area contributed by atoms with Gasteiger partial charge in [0.2, 0.25) is 0 Å². The molecule has 0 aliphatic carbocycles. The maximum atomic E-state index is 12.6. The van der Waals surface area contributed by atoms with E-state index in [1.54, 1.807) is 16.7 Å². The number of hydrogen-bond acceptors (Lipinski definition) is 5. The Morgan fingerprint density at radius 1 is 1.43 bits per heavy atom. The van der Waals surface area contributed by atoms with E-state index >= 15 is 0 Å². The third-order valence-electron chi connectivity index (χ3n) is 3.81. The first-order chi connectivity index (χ1) is 9.80. The summed E-state index contributed by atoms with van der Waals surface area (Å²) in [5.41, 5.74) is 0. The number of carbonyl (C=O) groups excluding carboxylic acids is 1. The molecule has 0 radical (unpaired) electrons. The molecule has 7 nitrogen and oxygen atoms in total. The zero-order valence-corrected chi connectivity index (χ0v) is 13.5. The minimum atomic E-state index is -3.16. The second kappa shape index (κ2) is 6.43. The van der Waals surface area contributed by atoms with Crippen LogP contribution in [0, 0.1) is 0 Å². The molecular weight excluding hydrogens is 316 g/mol. The Kier molecular flexibility index (Phi) is 5.03. The quantitative estimate of drug-likeness (QED) is 0.786. The van der Waals surface area contributed by atoms with Gasteiger partial charge in [-0.05, 0) is 13.3 Å². The monoisotopic (exact) mass is 336 g/mol. The van der Waals surface area contributed by atoms with Gasteiger partial charge in [-0.1, -0.05) is 0 Å². The summed E-state index contributed by atoms with van der Waals surface area (Å²) < 4.78 is 23.2. The van der Waals surface area contributed by atoms with E-state index in [-0.39, 0.29) is 23.6 Å². The summed E-state index contributed by atoms with van der Waals surface area (Å²) in [4.78, 5) is 26.5. The van der Waals surface area contributed by atoms with Gasteiger partial charge in [-0.25, -0.2) is 13.2 Å². The second-order valence-corrected chi connectivity index (χ2v) is 8.86. The van der Waals surface area contributed by atoms with Crippen molar-refractivity contribution in [3.63, 3.8) is 0 Å². The van der Waals surface area contributed by atoms with Gasteiger partial charge in [-0.2, -0.15) is 11.8 Å². The van der Waals surface area contributed by atoms with Crippen molar-refractivity contribution in [2.45, 2.75) is 25.4 Å². The van der Waals surface area contributed by atoms with Crippen LogP contribution >= 0.6 is 11.8 Å². The third kappa shape index (κ3) is 4.03. The summed E-state index contributed by atoms with van der Waals surface area (Å²) in [6, 6.07) is -0.849. The molecule has 2 atom stereocenters. The zero-order chi connectivity index (χ0) is 15.6. The molecule has 2 amide bonds. The van der Waals surface area contributed by atoms with Gasteiger partial charge in [-0.15, -0.1) is 0 Å². The molecule has 0 saturated carbocycles. The number of thioether (sulfide) groups is 1. The Labute approximate surface area is 128 Å². The number of rotatable bonds is 3. The van der Waals surface area contributed by atoms with Crippen molar-refractivity contribution in [3.8, 4) is 0 Å². The number of carboxylic acid groups (broad SMARTS) is 1. The fraction of sp³-hybridized carbons (Fsp3) is 0.833. The van der Waals surface area contributed by atoms with Crippen LogP contribution in [0.1, 0.15) is 13.3 Å². The zero-order valence-electron chi connectivity index (χ0n) is 11.9. The van der Waals surface area contributed by atoms with Crippen molar-refractivity contribution < 1.29 is 23.1 Å². The number of nitrogens with zero attached hydrogens (tertiary/aromatic N) is 2. The molecule has 1 N–H and O–H groups in total. The summed E-state index contributed by atoms with van der Waals surface area (Å²) in [6.45, 7) is 2.05. The van der Waals surface area contributed by atoms with E-state index in [0.717, 1.165) is 11.5 Å². The van der Waals surface area contributed by atoms with Gasteiger partial charge < -0.3 is 14.9 Å². The fourth-order valence-electron chi connectivity index (χ4n) is 2.70. The van der Waals surface area contributed by atoms with Crippen LogP contribution in [0.25, 0.3) is 0 Å². The molecule has 9 heteroatoms. The fourth-order valence-corrected chi connectivity index (χ4v) is 5.44. The average Bonchev–Trinajstić information content (AvgIpc) is 2.76. The first-order valence-corrected chi connectivity index (χ1v) is 9.85. The van der Waals surface area contributed by atoms with Crippen LogP contribution in [0.5, 0.6) is 0 Å². The van der Waals surface area contributed by atoms with Crippen molar-refractivity contribution in [1.82, 2.24) is 9.80 Å². The molecule has 0 aromatic rings. The Balaban J connectivity index is 2.15. The Bertz CT molecular complexity index is 522. The van der Waals surface area contributed by atoms with E-state index in [0.29, 0.717) is 13.0 Å². The second-order valence-electron chi connectivity index (χ2n) is 5.48. The number of aliphatic carboxylic acids is 1. The SMILES string of the molecule is CC1CSCCN1C(=O)N(CC(=O)O)C1CCS(=O)(=O)C1. The van der Waals surface area contributed by atoms with E-state index in [1.807, 2.05) is 6.92 Å². The lowest BCUT2D eigenvalue weighted by atomic mass is 10.2. The van der Waals surface area contributed by atoms with Crippen LogP contribution in [0.15, 0.2) is 0 Å². The average molecular weight is 336 g/mol. The standard InChI is InChI=1S/C12H20N2O5S2/c1-9-7-20-4-3-13(9)12(17)14(6-11(15)16)10-2-5-21(18,19)8-10/h9-10H,2-8H2,1H3,(H,15,16). The maximum Gasteiger partial charge on any atom is 0.323 e. The summed E-state index contributed by atoms with van der Waals surface area (Å²) >= 11 is 1.76. The lowest BCUT2D eigenvalue weighted by Crippen LogP contribution is -2.55. The number of carboxylic acids is 1. The third-order valence-corrected chi connectivity index (χ3v) is 6.75. The van der Waals surface area contributed by atoms with E-state index < -0.39 is 28.4 Å². The van der Waals surface area contributed by atoms with E-state index in [4.69, 9.17) is 5.11 Å². The van der Waals surface area contributed by atoms with Crippen LogP contribution in [0.3, 0.4) is 0 Å². The van der Waals surface area contributed by atoms with Gasteiger partial charge in [0.25, 0.3) is 0 Å². The summed E-state index contributed by atoms with van der Waals surface area (Å²) in [6.07, 6.45) is 0.318. The minimum absolute atomic E-state index is 0.0203. The lowest BCUT2D eigenvalue weighted by Gasteiger charge is -2.38. The highest BCUT2D eigenvalue weighted by molar-refractivity contribution is 7.99. The molecule has 2 unspecified atom stereocenters. The Morgan fingerprint density at radius 2 is 2.14 bits per heavy atom. The molecule has 0 bridgehead atoms. The number of carbonyl (C=O) groups is 2. The highest BCUT2D eigenvalue weighted by Crippen LogP contribution is 2.22. The van der Waals surface area contributed by atoms with Gasteiger partial charge in [0.05, 0.1) is 11.5 Å². The van der Waals surface area contributed by atoms with Crippen molar-refractivity contribution in [2.75, 3.05) is 36.1 Å². The van der Waals surface area contributed by atoms with Crippen molar-refractivity contribution in [1.29, 1.82) is 0 Å². The van der Waals surface area contributed by atoms with Crippen molar-refractivity contribution in [3.05, 3.63) is 0 Å². The normalized spacial score (nSPS) is 28.3. The largest absolute Gasteiger partial charge is 0.480 e. The van der Waals surface area contributed by atoms with Gasteiger partial charge in [-0.3, -0.25) is 4.79 Å². The Morgan fingerprint density at radius 3 is 2.67 bits per heavy atom. The van der Waals surface area contributed by atoms with E-state index in [1.165, 1.54) is 4.90 Å². The van der Waals surface area contributed by atoms with Gasteiger partial charge in [0.15, 0.2) is 9.84 Å². The van der Waals surface area contributed by atoms with Crippen molar-refractivity contribution >= 4 is 33.6 Å². The highest BCUT2D eigenvalue weighted by atomic mass is 32.2. The van der Waals surface area contributed by atoms with E-state index in [9.17, 15) is 18.0 Å². The van der Waals surface area contributed by atoms with Crippen LogP contribution in [0.4, 0.5) is 4.79 Å². The van der Waals surface area contributed by atoms with Crippen LogP contribution in [0.2, 0.25) is 0 Å². The molecular formula is C12H20N2O5S2. The molecule has 0 aromatic heterocycles. The van der Waals surface area contributed by atoms with Gasteiger partial charge >= 0.3 is 12.0 Å². The number of hydrogen-bond donors (Lipinski definition) is 1. The van der Waals surface area contributed by atoms with Gasteiger partial charge in [0.1, 0.15) is 6.54 Å². The molecule has 21 heavy (non-hydrogen) atoms. The first-order valence-electron chi connectivity index (χ1n) is 6.87. The van der Waals surface area contributed by atoms with E-state index in [2.05, 4.69) is 0 Å². The molecule has 2 aliphatic rings. The molecule has 0 aromatic carbocycles.